The summed E-state index contributed by atoms with van der Waals surface area (Å²) in [7, 11) is 0. The molecule has 20 nitrogen and oxygen atoms in total. The molecule has 45 heavy (non-hydrogen) atoms. The standard InChI is InChI=1S/C24H49BN11O9/c1-14(37)33-15(7-4-12-31-23(27)28)20(40)35-17(9-10-19(38)39)21(41)34-16(6-2-3-11-26)22(42)36-18(25(43,44)45)8-5-13-32-24(29)30/h15-18,43-45H,2-13,26H2,1H3,(H,33,37)(H,34,41)(H,35,40)(H,36,42)(H,38,39)(H4,27,28,31)(H4,29,30,32)/q-1/t15-,16-,17-,18-/m0/s1. The summed E-state index contributed by atoms with van der Waals surface area (Å²) >= 11 is 0. The third-order valence-corrected chi connectivity index (χ3v) is 6.33. The Labute approximate surface area is 261 Å². The molecule has 4 atom stereocenters. The molecular weight excluding hydrogens is 597 g/mol. The Bertz CT molecular complexity index is 1030. The molecule has 258 valence electrons. The van der Waals surface area contributed by atoms with Crippen molar-refractivity contribution < 1.29 is 44.2 Å². The predicted octanol–water partition coefficient (Wildman–Crippen LogP) is -5.50. The fraction of sp³-hybridized carbons (Fsp3) is 0.708. The molecule has 0 saturated carbocycles. The van der Waals surface area contributed by atoms with Crippen LogP contribution >= 0.6 is 0 Å². The molecule has 0 bridgehead atoms. The number of nitrogens with one attached hydrogen (secondary N) is 4. The molecule has 21 heteroatoms. The van der Waals surface area contributed by atoms with Crippen molar-refractivity contribution in [1.29, 1.82) is 0 Å². The van der Waals surface area contributed by atoms with E-state index < -0.39 is 66.8 Å². The average Bonchev–Trinajstić information content (AvgIpc) is 2.92. The van der Waals surface area contributed by atoms with E-state index in [4.69, 9.17) is 28.7 Å². The number of aliphatic imine (C=N–C) groups is 2. The number of carboxylic acids is 1. The van der Waals surface area contributed by atoms with Gasteiger partial charge in [-0.3, -0.25) is 34.0 Å². The van der Waals surface area contributed by atoms with E-state index in [1.54, 1.807) is 0 Å². The molecule has 0 aromatic carbocycles. The molecule has 0 radical (unpaired) electrons. The van der Waals surface area contributed by atoms with Crippen LogP contribution < -0.4 is 49.9 Å². The minimum Gasteiger partial charge on any atom is -0.558 e. The van der Waals surface area contributed by atoms with Crippen LogP contribution in [0.4, 0.5) is 0 Å². The lowest BCUT2D eigenvalue weighted by Gasteiger charge is -2.34. The topological polar surface area (TPSA) is 369 Å². The number of unbranched alkanes of at least 4 members (excludes halogenated alkanes) is 1. The molecule has 0 fully saturated rings. The van der Waals surface area contributed by atoms with Gasteiger partial charge in [-0.15, -0.1) is 0 Å². The summed E-state index contributed by atoms with van der Waals surface area (Å²) in [6.45, 7) is -2.37. The fourth-order valence-electron chi connectivity index (χ4n) is 4.07. The highest BCUT2D eigenvalue weighted by Gasteiger charge is 2.34. The molecular formula is C24H49BN11O9-. The van der Waals surface area contributed by atoms with Crippen LogP contribution in [-0.4, -0.2) is 112 Å². The molecule has 18 N–H and O–H groups in total. The number of carbonyl (C=O) groups excluding carboxylic acids is 4. The Balaban J connectivity index is 5.91. The van der Waals surface area contributed by atoms with Gasteiger partial charge in [0.1, 0.15) is 18.1 Å². The largest absolute Gasteiger partial charge is 0.558 e. The molecule has 4 amide bonds. The van der Waals surface area contributed by atoms with Crippen LogP contribution in [0.3, 0.4) is 0 Å². The van der Waals surface area contributed by atoms with Crippen LogP contribution in [0.1, 0.15) is 64.7 Å². The van der Waals surface area contributed by atoms with Crippen molar-refractivity contribution in [2.45, 2.75) is 88.8 Å². The maximum atomic E-state index is 13.3. The van der Waals surface area contributed by atoms with E-state index >= 15 is 0 Å². The molecule has 0 aliphatic carbocycles. The Hall–Kier alpha value is -4.21. The van der Waals surface area contributed by atoms with Crippen molar-refractivity contribution in [3.05, 3.63) is 0 Å². The summed E-state index contributed by atoms with van der Waals surface area (Å²) < 4.78 is 0. The minimum atomic E-state index is -4.05. The summed E-state index contributed by atoms with van der Waals surface area (Å²) in [5.41, 5.74) is 26.7. The van der Waals surface area contributed by atoms with Crippen LogP contribution in [0, 0.1) is 0 Å². The number of nitrogens with two attached hydrogens (primary N) is 5. The smallest absolute Gasteiger partial charge is 0.393 e. The zero-order valence-corrected chi connectivity index (χ0v) is 25.5. The van der Waals surface area contributed by atoms with Crippen LogP contribution in [0.2, 0.25) is 0 Å². The van der Waals surface area contributed by atoms with Gasteiger partial charge in [0.25, 0.3) is 0 Å². The van der Waals surface area contributed by atoms with E-state index in [2.05, 4.69) is 31.3 Å². The molecule has 0 aliphatic heterocycles. The van der Waals surface area contributed by atoms with E-state index in [-0.39, 0.29) is 70.1 Å². The zero-order valence-electron chi connectivity index (χ0n) is 25.5. The molecule has 0 spiro atoms. The Kier molecular flexibility index (Phi) is 19.5. The summed E-state index contributed by atoms with van der Waals surface area (Å²) in [6.07, 6.45) is 0.297. The Morgan fingerprint density at radius 1 is 0.667 bits per heavy atom. The van der Waals surface area contributed by atoms with Gasteiger partial charge in [-0.1, -0.05) is 6.42 Å². The van der Waals surface area contributed by atoms with Crippen molar-refractivity contribution in [1.82, 2.24) is 21.3 Å². The van der Waals surface area contributed by atoms with Gasteiger partial charge in [0, 0.05) is 26.4 Å². The van der Waals surface area contributed by atoms with Crippen LogP contribution in [0.5, 0.6) is 0 Å². The zero-order chi connectivity index (χ0) is 34.6. The Morgan fingerprint density at radius 2 is 1.11 bits per heavy atom. The van der Waals surface area contributed by atoms with Crippen molar-refractivity contribution in [2.75, 3.05) is 19.6 Å². The van der Waals surface area contributed by atoms with Crippen molar-refractivity contribution in [3.63, 3.8) is 0 Å². The third kappa shape index (κ3) is 19.6. The molecule has 0 rings (SSSR count). The van der Waals surface area contributed by atoms with E-state index in [9.17, 15) is 44.2 Å². The number of nitrogens with zero attached hydrogens (tertiary/aromatic N) is 2. The van der Waals surface area contributed by atoms with Gasteiger partial charge in [0.2, 0.25) is 23.6 Å². The number of hydrogen-bond donors (Lipinski definition) is 13. The van der Waals surface area contributed by atoms with E-state index in [0.29, 0.717) is 12.8 Å². The second kappa shape index (κ2) is 21.5. The van der Waals surface area contributed by atoms with Crippen molar-refractivity contribution in [2.24, 2.45) is 38.7 Å². The lowest BCUT2D eigenvalue weighted by atomic mass is 9.68. The molecule has 0 aromatic heterocycles. The van der Waals surface area contributed by atoms with Gasteiger partial charge in [-0.05, 0) is 57.4 Å². The maximum Gasteiger partial charge on any atom is 0.393 e. The highest BCUT2D eigenvalue weighted by Crippen LogP contribution is 2.10. The summed E-state index contributed by atoms with van der Waals surface area (Å²) in [6, 6.07) is -3.87. The SMILES string of the molecule is CC(=O)N[C@@H](CCCN=C(N)N)C(=O)N[C@@H](CCC(=O)O)C(=O)N[C@@H](CCCCN)C(=O)N[C@@H](CCCN=C(N)N)[B-](O)(O)O. The van der Waals surface area contributed by atoms with Crippen LogP contribution in [-0.2, 0) is 24.0 Å². The number of rotatable bonds is 23. The quantitative estimate of drug-likeness (QED) is 0.0213. The summed E-state index contributed by atoms with van der Waals surface area (Å²) in [4.78, 5) is 70.2. The summed E-state index contributed by atoms with van der Waals surface area (Å²) in [5, 5.41) is 48.4. The monoisotopic (exact) mass is 646 g/mol. The number of amides is 4. The number of carboxylic acid groups (broad SMARTS) is 1. The minimum absolute atomic E-state index is 0.0245. The van der Waals surface area contributed by atoms with Crippen molar-refractivity contribution >= 4 is 48.3 Å². The highest BCUT2D eigenvalue weighted by atomic mass is 16.5. The average molecular weight is 647 g/mol. The first-order chi connectivity index (χ1) is 21.0. The first-order valence-electron chi connectivity index (χ1n) is 14.5. The number of aliphatic carboxylic acids is 1. The second-order valence-electron chi connectivity index (χ2n) is 10.4. The summed E-state index contributed by atoms with van der Waals surface area (Å²) in [5.74, 6) is -6.32. The molecule has 0 heterocycles. The second-order valence-corrected chi connectivity index (χ2v) is 10.4. The highest BCUT2D eigenvalue weighted by molar-refractivity contribution is 6.58. The van der Waals surface area contributed by atoms with Gasteiger partial charge < -0.3 is 70.1 Å². The van der Waals surface area contributed by atoms with Gasteiger partial charge in [0.15, 0.2) is 11.9 Å². The maximum absolute atomic E-state index is 13.3. The fourth-order valence-corrected chi connectivity index (χ4v) is 4.07. The van der Waals surface area contributed by atoms with Crippen LogP contribution in [0.25, 0.3) is 0 Å². The predicted molar refractivity (Wildman–Crippen MR) is 165 cm³/mol. The normalized spacial score (nSPS) is 13.7. The number of hydrogen-bond acceptors (Lipinski definition) is 11. The van der Waals surface area contributed by atoms with Gasteiger partial charge in [-0.25, -0.2) is 0 Å². The van der Waals surface area contributed by atoms with E-state index in [1.807, 2.05) is 0 Å². The van der Waals surface area contributed by atoms with Crippen molar-refractivity contribution in [3.8, 4) is 0 Å². The number of carbonyl (C=O) groups is 5. The molecule has 0 unspecified atom stereocenters. The van der Waals surface area contributed by atoms with Gasteiger partial charge in [0.05, 0.1) is 0 Å². The van der Waals surface area contributed by atoms with Crippen LogP contribution in [0.15, 0.2) is 9.98 Å². The van der Waals surface area contributed by atoms with E-state index in [0.717, 1.165) is 0 Å². The first-order valence-corrected chi connectivity index (χ1v) is 14.5. The molecule has 0 aliphatic rings. The Morgan fingerprint density at radius 3 is 1.56 bits per heavy atom. The van der Waals surface area contributed by atoms with E-state index in [1.165, 1.54) is 6.92 Å². The third-order valence-electron chi connectivity index (χ3n) is 6.33. The van der Waals surface area contributed by atoms with Gasteiger partial charge in [-0.2, -0.15) is 0 Å². The molecule has 0 saturated heterocycles. The lowest BCUT2D eigenvalue weighted by molar-refractivity contribution is -0.138. The molecule has 0 aromatic rings. The first kappa shape index (κ1) is 40.8. The van der Waals surface area contributed by atoms with Gasteiger partial charge >= 0.3 is 12.7 Å². The lowest BCUT2D eigenvalue weighted by Crippen LogP contribution is -2.62. The number of guanidine groups is 2.